The summed E-state index contributed by atoms with van der Waals surface area (Å²) in [7, 11) is 1.61. The minimum Gasteiger partial charge on any atom is -0.444 e. The first-order valence-corrected chi connectivity index (χ1v) is 13.6. The van der Waals surface area contributed by atoms with Crippen molar-refractivity contribution in [2.45, 2.75) is 71.2 Å². The number of aromatic nitrogens is 2. The van der Waals surface area contributed by atoms with Gasteiger partial charge in [0.25, 0.3) is 0 Å². The van der Waals surface area contributed by atoms with E-state index in [0.29, 0.717) is 38.3 Å². The Morgan fingerprint density at radius 3 is 2.61 bits per heavy atom. The van der Waals surface area contributed by atoms with Gasteiger partial charge in [0.15, 0.2) is 0 Å². The molecule has 0 aromatic carbocycles. The molecule has 0 spiro atoms. The predicted octanol–water partition coefficient (Wildman–Crippen LogP) is 2.83. The minimum absolute atomic E-state index is 0.0974. The van der Waals surface area contributed by atoms with E-state index in [0.717, 1.165) is 15.6 Å². The van der Waals surface area contributed by atoms with Crippen molar-refractivity contribution in [2.75, 3.05) is 20.2 Å². The molecule has 0 aliphatic carbocycles. The lowest BCUT2D eigenvalue weighted by atomic mass is 10.1. The van der Waals surface area contributed by atoms with Crippen LogP contribution in [0.25, 0.3) is 0 Å². The van der Waals surface area contributed by atoms with E-state index in [-0.39, 0.29) is 12.6 Å². The Hall–Kier alpha value is -2.77. The van der Waals surface area contributed by atoms with Crippen molar-refractivity contribution in [3.8, 4) is 0 Å². The van der Waals surface area contributed by atoms with Crippen LogP contribution in [0.2, 0.25) is 0 Å². The Morgan fingerprint density at radius 1 is 1.22 bits per heavy atom. The standard InChI is InChI=1S/C23H36N6O5S2/c1-5-16(27-23(33)34-12-18-9-24-14-36-18)7-6-8-25-20(31)19(11-30)28-22(32)29(4)10-17-13-35-21(26-17)15(2)3/h9,13-16,19,30H,5-8,10-12H2,1-4H3,(H,25,31)(H,27,33)(H,28,32). The molecule has 36 heavy (non-hydrogen) atoms. The van der Waals surface area contributed by atoms with Crippen molar-refractivity contribution in [3.05, 3.63) is 32.7 Å². The van der Waals surface area contributed by atoms with Crippen LogP contribution in [0.5, 0.6) is 0 Å². The number of hydrogen-bond donors (Lipinski definition) is 4. The van der Waals surface area contributed by atoms with Gasteiger partial charge in [0, 0.05) is 37.1 Å². The third-order valence-electron chi connectivity index (χ3n) is 5.28. The molecule has 13 heteroatoms. The van der Waals surface area contributed by atoms with Crippen molar-refractivity contribution in [1.29, 1.82) is 0 Å². The maximum Gasteiger partial charge on any atom is 0.407 e. The molecule has 0 radical (unpaired) electrons. The van der Waals surface area contributed by atoms with E-state index >= 15 is 0 Å². The second-order valence-electron chi connectivity index (χ2n) is 8.60. The van der Waals surface area contributed by atoms with Crippen LogP contribution >= 0.6 is 22.7 Å². The molecule has 0 bridgehead atoms. The molecule has 200 valence electrons. The molecule has 4 amide bonds. The lowest BCUT2D eigenvalue weighted by Crippen LogP contribution is -2.52. The summed E-state index contributed by atoms with van der Waals surface area (Å²) in [5, 5.41) is 20.6. The zero-order valence-electron chi connectivity index (χ0n) is 21.2. The summed E-state index contributed by atoms with van der Waals surface area (Å²) in [6.07, 6.45) is 3.11. The summed E-state index contributed by atoms with van der Waals surface area (Å²) in [6.45, 7) is 6.36. The molecule has 0 saturated heterocycles. The highest BCUT2D eigenvalue weighted by Crippen LogP contribution is 2.19. The number of nitrogens with one attached hydrogen (secondary N) is 3. The number of aliphatic hydroxyl groups is 1. The molecule has 0 aliphatic heterocycles. The molecule has 2 aromatic heterocycles. The van der Waals surface area contributed by atoms with Crippen LogP contribution in [0.3, 0.4) is 0 Å². The Kier molecular flexibility index (Phi) is 12.6. The fourth-order valence-electron chi connectivity index (χ4n) is 3.15. The number of nitrogens with zero attached hydrogens (tertiary/aromatic N) is 3. The Bertz CT molecular complexity index is 953. The van der Waals surface area contributed by atoms with Crippen LogP contribution < -0.4 is 16.0 Å². The summed E-state index contributed by atoms with van der Waals surface area (Å²) in [4.78, 5) is 47.7. The molecular weight excluding hydrogens is 504 g/mol. The monoisotopic (exact) mass is 540 g/mol. The number of amides is 4. The normalized spacial score (nSPS) is 12.6. The Balaban J connectivity index is 1.68. The summed E-state index contributed by atoms with van der Waals surface area (Å²) in [5.41, 5.74) is 2.45. The molecule has 2 aromatic rings. The molecule has 0 aliphatic rings. The van der Waals surface area contributed by atoms with Gasteiger partial charge in [0.05, 0.1) is 34.2 Å². The summed E-state index contributed by atoms with van der Waals surface area (Å²) < 4.78 is 5.19. The van der Waals surface area contributed by atoms with Crippen molar-refractivity contribution in [1.82, 2.24) is 30.8 Å². The molecule has 0 fully saturated rings. The molecule has 2 unspecified atom stereocenters. The Labute approximate surface area is 219 Å². The minimum atomic E-state index is -1.07. The van der Waals surface area contributed by atoms with Gasteiger partial charge in [-0.2, -0.15) is 0 Å². The number of carbonyl (C=O) groups is 3. The molecule has 2 rings (SSSR count). The number of urea groups is 1. The van der Waals surface area contributed by atoms with Crippen LogP contribution in [0.1, 0.15) is 61.5 Å². The van der Waals surface area contributed by atoms with E-state index < -0.39 is 30.7 Å². The van der Waals surface area contributed by atoms with Gasteiger partial charge in [-0.3, -0.25) is 9.78 Å². The van der Waals surface area contributed by atoms with Crippen LogP contribution in [0.15, 0.2) is 17.1 Å². The first kappa shape index (κ1) is 29.5. The molecule has 0 saturated carbocycles. The molecule has 4 N–H and O–H groups in total. The molecular formula is C23H36N6O5S2. The van der Waals surface area contributed by atoms with Gasteiger partial charge in [-0.15, -0.1) is 22.7 Å². The number of ether oxygens (including phenoxy) is 1. The van der Waals surface area contributed by atoms with Gasteiger partial charge in [-0.25, -0.2) is 14.6 Å². The van der Waals surface area contributed by atoms with Gasteiger partial charge >= 0.3 is 12.1 Å². The highest BCUT2D eigenvalue weighted by atomic mass is 32.1. The SMILES string of the molecule is CCC(CCCNC(=O)C(CO)NC(=O)N(C)Cc1csc(C(C)C)n1)NC(=O)OCc1cncs1. The van der Waals surface area contributed by atoms with E-state index in [1.54, 1.807) is 30.1 Å². The largest absolute Gasteiger partial charge is 0.444 e. The van der Waals surface area contributed by atoms with E-state index in [2.05, 4.69) is 39.8 Å². The van der Waals surface area contributed by atoms with Crippen LogP contribution in [0, 0.1) is 0 Å². The molecule has 2 heterocycles. The topological polar surface area (TPSA) is 146 Å². The quantitative estimate of drug-likeness (QED) is 0.270. The average Bonchev–Trinajstić information content (AvgIpc) is 3.55. The van der Waals surface area contributed by atoms with Gasteiger partial charge in [0.1, 0.15) is 12.6 Å². The number of hydrogen-bond acceptors (Lipinski definition) is 9. The first-order valence-electron chi connectivity index (χ1n) is 11.9. The van der Waals surface area contributed by atoms with Crippen molar-refractivity contribution < 1.29 is 24.2 Å². The third kappa shape index (κ3) is 10.1. The van der Waals surface area contributed by atoms with E-state index in [9.17, 15) is 19.5 Å². The highest BCUT2D eigenvalue weighted by Gasteiger charge is 2.22. The third-order valence-corrected chi connectivity index (χ3v) is 7.23. The zero-order valence-corrected chi connectivity index (χ0v) is 22.8. The van der Waals surface area contributed by atoms with E-state index in [4.69, 9.17) is 4.74 Å². The number of alkyl carbamates (subject to hydrolysis) is 1. The van der Waals surface area contributed by atoms with Gasteiger partial charge < -0.3 is 30.7 Å². The van der Waals surface area contributed by atoms with Gasteiger partial charge in [-0.1, -0.05) is 20.8 Å². The summed E-state index contributed by atoms with van der Waals surface area (Å²) >= 11 is 2.96. The fourth-order valence-corrected chi connectivity index (χ4v) is 4.48. The van der Waals surface area contributed by atoms with E-state index in [1.165, 1.54) is 16.2 Å². The lowest BCUT2D eigenvalue weighted by Gasteiger charge is -2.22. The van der Waals surface area contributed by atoms with Crippen LogP contribution in [0.4, 0.5) is 9.59 Å². The average molecular weight is 541 g/mol. The smallest absolute Gasteiger partial charge is 0.407 e. The number of aliphatic hydroxyl groups excluding tert-OH is 1. The Morgan fingerprint density at radius 2 is 2.00 bits per heavy atom. The van der Waals surface area contributed by atoms with Crippen molar-refractivity contribution in [2.24, 2.45) is 0 Å². The second kappa shape index (κ2) is 15.4. The van der Waals surface area contributed by atoms with Crippen LogP contribution in [-0.4, -0.2) is 70.3 Å². The first-order chi connectivity index (χ1) is 17.2. The number of rotatable bonds is 14. The fraction of sp³-hybridized carbons (Fsp3) is 0.609. The van der Waals surface area contributed by atoms with Crippen molar-refractivity contribution >= 4 is 40.7 Å². The van der Waals surface area contributed by atoms with Gasteiger partial charge in [-0.05, 0) is 19.3 Å². The summed E-state index contributed by atoms with van der Waals surface area (Å²) in [6, 6.07) is -1.64. The predicted molar refractivity (Wildman–Crippen MR) is 139 cm³/mol. The van der Waals surface area contributed by atoms with E-state index in [1.807, 2.05) is 12.3 Å². The number of carbonyl (C=O) groups excluding carboxylic acids is 3. The van der Waals surface area contributed by atoms with Gasteiger partial charge in [0.2, 0.25) is 5.91 Å². The number of thiazole rings is 2. The van der Waals surface area contributed by atoms with Crippen molar-refractivity contribution in [3.63, 3.8) is 0 Å². The highest BCUT2D eigenvalue weighted by molar-refractivity contribution is 7.09. The van der Waals surface area contributed by atoms with Crippen LogP contribution in [-0.2, 0) is 22.7 Å². The maximum atomic E-state index is 12.5. The second-order valence-corrected chi connectivity index (χ2v) is 10.5. The maximum absolute atomic E-state index is 12.5. The molecule has 2 atom stereocenters. The zero-order chi connectivity index (χ0) is 26.5. The molecule has 11 nitrogen and oxygen atoms in total. The summed E-state index contributed by atoms with van der Waals surface area (Å²) in [5.74, 6) is -0.156. The lowest BCUT2D eigenvalue weighted by molar-refractivity contribution is -0.123.